The fourth-order valence-electron chi connectivity index (χ4n) is 2.79. The number of halogens is 1. The van der Waals surface area contributed by atoms with E-state index in [9.17, 15) is 17.6 Å². The molecule has 0 aliphatic heterocycles. The second kappa shape index (κ2) is 9.16. The number of carbonyl (C=O) groups excluding carboxylic acids is 1. The molecule has 0 radical (unpaired) electrons. The normalized spacial score (nSPS) is 11.5. The van der Waals surface area contributed by atoms with Crippen LogP contribution in [-0.4, -0.2) is 20.5 Å². The number of amides is 1. The minimum Gasteiger partial charge on any atom is -0.455 e. The molecule has 2 aromatic carbocycles. The number of rotatable bonds is 7. The Hall–Kier alpha value is -3.76. The average molecular weight is 470 g/mol. The maximum atomic E-state index is 13.1. The lowest BCUT2D eigenvalue weighted by atomic mass is 10.2. The third-order valence-electron chi connectivity index (χ3n) is 4.29. The Morgan fingerprint density at radius 3 is 2.53 bits per heavy atom. The lowest BCUT2D eigenvalue weighted by Gasteiger charge is -2.10. The smallest absolute Gasteiger partial charge is 0.273 e. The molecule has 4 rings (SSSR count). The number of para-hydroxylation sites is 1. The van der Waals surface area contributed by atoms with Crippen LogP contribution in [0.1, 0.15) is 16.1 Å². The highest BCUT2D eigenvalue weighted by molar-refractivity contribution is 7.94. The summed E-state index contributed by atoms with van der Waals surface area (Å²) in [5, 5.41) is 5.52. The second-order valence-electron chi connectivity index (χ2n) is 6.49. The zero-order valence-electron chi connectivity index (χ0n) is 16.4. The first-order valence-corrected chi connectivity index (χ1v) is 11.6. The molecule has 2 heterocycles. The number of thiophene rings is 1. The number of hydrogen-bond acceptors (Lipinski definition) is 6. The molecule has 2 aromatic heterocycles. The van der Waals surface area contributed by atoms with E-state index in [-0.39, 0.29) is 21.3 Å². The van der Waals surface area contributed by atoms with Crippen molar-refractivity contribution in [3.05, 3.63) is 95.3 Å². The predicted octanol–water partition coefficient (Wildman–Crippen LogP) is 4.71. The quantitative estimate of drug-likeness (QED) is 0.302. The van der Waals surface area contributed by atoms with Crippen LogP contribution in [0.25, 0.3) is 11.3 Å². The van der Waals surface area contributed by atoms with Gasteiger partial charge in [-0.2, -0.15) is 5.10 Å². The SMILES string of the molecule is O=C(N/N=C\c1ccc(-c2ccc(F)cc2)o1)c1ccccc1NS(=O)(=O)c1cccs1. The summed E-state index contributed by atoms with van der Waals surface area (Å²) in [6.45, 7) is 0. The highest BCUT2D eigenvalue weighted by atomic mass is 32.2. The highest BCUT2D eigenvalue weighted by Crippen LogP contribution is 2.23. The Morgan fingerprint density at radius 1 is 1.00 bits per heavy atom. The first kappa shape index (κ1) is 21.5. The molecule has 2 N–H and O–H groups in total. The van der Waals surface area contributed by atoms with E-state index in [4.69, 9.17) is 4.42 Å². The lowest BCUT2D eigenvalue weighted by molar-refractivity contribution is 0.0956. The molecule has 7 nitrogen and oxygen atoms in total. The van der Waals surface area contributed by atoms with Crippen LogP contribution in [-0.2, 0) is 10.0 Å². The minimum absolute atomic E-state index is 0.108. The van der Waals surface area contributed by atoms with Crippen molar-refractivity contribution >= 4 is 39.2 Å². The lowest BCUT2D eigenvalue weighted by Crippen LogP contribution is -2.21. The number of hydrazone groups is 1. The van der Waals surface area contributed by atoms with Gasteiger partial charge in [0, 0.05) is 5.56 Å². The van der Waals surface area contributed by atoms with Gasteiger partial charge in [0.1, 0.15) is 21.5 Å². The van der Waals surface area contributed by atoms with E-state index in [0.29, 0.717) is 17.1 Å². The van der Waals surface area contributed by atoms with Crippen molar-refractivity contribution in [2.24, 2.45) is 5.10 Å². The Kier molecular flexibility index (Phi) is 6.15. The van der Waals surface area contributed by atoms with E-state index < -0.39 is 15.9 Å². The molecular weight excluding hydrogens is 453 g/mol. The minimum atomic E-state index is -3.80. The first-order chi connectivity index (χ1) is 15.4. The highest BCUT2D eigenvalue weighted by Gasteiger charge is 2.19. The number of anilines is 1. The summed E-state index contributed by atoms with van der Waals surface area (Å²) in [4.78, 5) is 12.6. The average Bonchev–Trinajstić information content (AvgIpc) is 3.47. The van der Waals surface area contributed by atoms with Crippen molar-refractivity contribution in [3.63, 3.8) is 0 Å². The zero-order chi connectivity index (χ0) is 22.6. The van der Waals surface area contributed by atoms with Crippen molar-refractivity contribution in [1.29, 1.82) is 0 Å². The monoisotopic (exact) mass is 469 g/mol. The number of carbonyl (C=O) groups is 1. The van der Waals surface area contributed by atoms with Crippen molar-refractivity contribution in [2.45, 2.75) is 4.21 Å². The summed E-state index contributed by atoms with van der Waals surface area (Å²) in [5.74, 6) is -0.0544. The molecule has 10 heteroatoms. The molecule has 0 unspecified atom stereocenters. The van der Waals surface area contributed by atoms with E-state index >= 15 is 0 Å². The third-order valence-corrected chi connectivity index (χ3v) is 7.05. The number of benzene rings is 2. The van der Waals surface area contributed by atoms with Crippen LogP contribution in [0.4, 0.5) is 10.1 Å². The van der Waals surface area contributed by atoms with Gasteiger partial charge in [0.15, 0.2) is 0 Å². The molecule has 0 aliphatic carbocycles. The molecule has 0 saturated heterocycles. The van der Waals surface area contributed by atoms with Gasteiger partial charge >= 0.3 is 0 Å². The molecule has 32 heavy (non-hydrogen) atoms. The summed E-state index contributed by atoms with van der Waals surface area (Å²) in [5.41, 5.74) is 3.29. The topological polar surface area (TPSA) is 101 Å². The molecule has 4 aromatic rings. The van der Waals surface area contributed by atoms with Gasteiger partial charge in [-0.3, -0.25) is 9.52 Å². The van der Waals surface area contributed by atoms with Gasteiger partial charge in [0.25, 0.3) is 15.9 Å². The standard InChI is InChI=1S/C22H16FN3O4S2/c23-16-9-7-15(8-10-16)20-12-11-17(30-20)14-24-25-22(27)18-4-1-2-5-19(18)26-32(28,29)21-6-3-13-31-21/h1-14,26H,(H,25,27)/b24-14-. The molecule has 0 bridgehead atoms. The van der Waals surface area contributed by atoms with Gasteiger partial charge < -0.3 is 4.42 Å². The molecule has 162 valence electrons. The van der Waals surface area contributed by atoms with Crippen molar-refractivity contribution in [3.8, 4) is 11.3 Å². The van der Waals surface area contributed by atoms with Crippen LogP contribution in [0, 0.1) is 5.82 Å². The Labute approximate surface area is 187 Å². The summed E-state index contributed by atoms with van der Waals surface area (Å²) < 4.78 is 46.2. The van der Waals surface area contributed by atoms with Gasteiger partial charge in [-0.15, -0.1) is 11.3 Å². The summed E-state index contributed by atoms with van der Waals surface area (Å²) in [7, 11) is -3.80. The molecule has 0 atom stereocenters. The maximum absolute atomic E-state index is 13.1. The van der Waals surface area contributed by atoms with E-state index in [1.165, 1.54) is 36.5 Å². The Balaban J connectivity index is 1.45. The number of furan rings is 1. The number of nitrogens with zero attached hydrogens (tertiary/aromatic N) is 1. The second-order valence-corrected chi connectivity index (χ2v) is 9.35. The van der Waals surface area contributed by atoms with Gasteiger partial charge in [-0.25, -0.2) is 18.2 Å². The fourth-order valence-corrected chi connectivity index (χ4v) is 4.86. The van der Waals surface area contributed by atoms with Crippen LogP contribution >= 0.6 is 11.3 Å². The van der Waals surface area contributed by atoms with E-state index in [0.717, 1.165) is 11.3 Å². The first-order valence-electron chi connectivity index (χ1n) is 9.27. The Bertz CT molecular complexity index is 1360. The van der Waals surface area contributed by atoms with Gasteiger partial charge in [-0.05, 0) is 60.0 Å². The molecule has 0 saturated carbocycles. The predicted molar refractivity (Wildman–Crippen MR) is 121 cm³/mol. The summed E-state index contributed by atoms with van der Waals surface area (Å²) in [6, 6.07) is 18.5. The van der Waals surface area contributed by atoms with Crippen LogP contribution in [0.15, 0.2) is 91.9 Å². The van der Waals surface area contributed by atoms with E-state index in [1.807, 2.05) is 0 Å². The third kappa shape index (κ3) is 4.93. The largest absolute Gasteiger partial charge is 0.455 e. The Morgan fingerprint density at radius 2 is 1.78 bits per heavy atom. The van der Waals surface area contributed by atoms with E-state index in [1.54, 1.807) is 47.8 Å². The van der Waals surface area contributed by atoms with Crippen molar-refractivity contribution in [2.75, 3.05) is 4.72 Å². The number of nitrogens with one attached hydrogen (secondary N) is 2. The summed E-state index contributed by atoms with van der Waals surface area (Å²) >= 11 is 1.07. The maximum Gasteiger partial charge on any atom is 0.273 e. The van der Waals surface area contributed by atoms with Crippen LogP contribution in [0.2, 0.25) is 0 Å². The molecule has 0 spiro atoms. The van der Waals surface area contributed by atoms with Crippen LogP contribution in [0.5, 0.6) is 0 Å². The molecule has 1 amide bonds. The van der Waals surface area contributed by atoms with Crippen molar-refractivity contribution in [1.82, 2.24) is 5.43 Å². The van der Waals surface area contributed by atoms with Crippen LogP contribution < -0.4 is 10.1 Å². The number of sulfonamides is 1. The van der Waals surface area contributed by atoms with Crippen LogP contribution in [0.3, 0.4) is 0 Å². The van der Waals surface area contributed by atoms with Crippen molar-refractivity contribution < 1.29 is 22.0 Å². The number of hydrogen-bond donors (Lipinski definition) is 2. The van der Waals surface area contributed by atoms with Gasteiger partial charge in [-0.1, -0.05) is 18.2 Å². The fraction of sp³-hybridized carbons (Fsp3) is 0. The van der Waals surface area contributed by atoms with Gasteiger partial charge in [0.2, 0.25) is 0 Å². The van der Waals surface area contributed by atoms with E-state index in [2.05, 4.69) is 15.2 Å². The molecule has 0 aliphatic rings. The molecule has 0 fully saturated rings. The summed E-state index contributed by atoms with van der Waals surface area (Å²) in [6.07, 6.45) is 1.31. The zero-order valence-corrected chi connectivity index (χ0v) is 18.0. The molecular formula is C22H16FN3O4S2. The van der Waals surface area contributed by atoms with Gasteiger partial charge in [0.05, 0.1) is 17.5 Å².